The smallest absolute Gasteiger partial charge is 0.255 e. The Balaban J connectivity index is 1.27. The number of carbonyl (C=O) groups excluding carboxylic acids is 1. The van der Waals surface area contributed by atoms with Crippen LogP contribution < -0.4 is 15.0 Å². The zero-order valence-electron chi connectivity index (χ0n) is 19.1. The lowest BCUT2D eigenvalue weighted by atomic mass is 10.1. The Bertz CT molecular complexity index is 1040. The molecule has 1 aliphatic heterocycles. The van der Waals surface area contributed by atoms with Crippen molar-refractivity contribution in [3.8, 4) is 5.75 Å². The van der Waals surface area contributed by atoms with Crippen LogP contribution in [-0.2, 0) is 6.54 Å². The van der Waals surface area contributed by atoms with E-state index in [0.29, 0.717) is 5.56 Å². The van der Waals surface area contributed by atoms with Gasteiger partial charge < -0.3 is 15.0 Å². The minimum absolute atomic E-state index is 0.0981. The van der Waals surface area contributed by atoms with Crippen molar-refractivity contribution in [3.63, 3.8) is 0 Å². The fraction of sp³-hybridized carbons (Fsp3) is 0.296. The summed E-state index contributed by atoms with van der Waals surface area (Å²) in [6.07, 6.45) is 0.0981. The van der Waals surface area contributed by atoms with Crippen molar-refractivity contribution < 1.29 is 13.9 Å². The van der Waals surface area contributed by atoms with Crippen LogP contribution in [0.3, 0.4) is 0 Å². The quantitative estimate of drug-likeness (QED) is 0.542. The summed E-state index contributed by atoms with van der Waals surface area (Å²) in [5, 5.41) is 2.95. The second kappa shape index (κ2) is 10.5. The number of carbonyl (C=O) groups is 1. The van der Waals surface area contributed by atoms with Gasteiger partial charge in [-0.1, -0.05) is 12.1 Å². The lowest BCUT2D eigenvalue weighted by Gasteiger charge is -2.36. The van der Waals surface area contributed by atoms with Crippen LogP contribution in [0.25, 0.3) is 0 Å². The van der Waals surface area contributed by atoms with Crippen molar-refractivity contribution in [1.29, 1.82) is 0 Å². The third-order valence-corrected chi connectivity index (χ3v) is 5.67. The van der Waals surface area contributed by atoms with E-state index in [9.17, 15) is 9.18 Å². The average molecular weight is 448 g/mol. The van der Waals surface area contributed by atoms with E-state index in [2.05, 4.69) is 15.1 Å². The highest BCUT2D eigenvalue weighted by atomic mass is 19.1. The van der Waals surface area contributed by atoms with E-state index < -0.39 is 0 Å². The van der Waals surface area contributed by atoms with Crippen molar-refractivity contribution in [2.45, 2.75) is 26.5 Å². The molecule has 172 valence electrons. The van der Waals surface area contributed by atoms with Crippen LogP contribution in [0, 0.1) is 5.82 Å². The number of ether oxygens (including phenoxy) is 1. The van der Waals surface area contributed by atoms with Gasteiger partial charge in [-0.15, -0.1) is 0 Å². The van der Waals surface area contributed by atoms with Gasteiger partial charge in [-0.2, -0.15) is 0 Å². The Hall–Kier alpha value is -3.38. The van der Waals surface area contributed by atoms with Crippen LogP contribution >= 0.6 is 0 Å². The molecule has 0 unspecified atom stereocenters. The molecule has 0 bridgehead atoms. The molecule has 33 heavy (non-hydrogen) atoms. The minimum atomic E-state index is -0.197. The van der Waals surface area contributed by atoms with Crippen LogP contribution in [0.1, 0.15) is 29.8 Å². The van der Waals surface area contributed by atoms with Gasteiger partial charge >= 0.3 is 0 Å². The van der Waals surface area contributed by atoms with Gasteiger partial charge in [0.05, 0.1) is 6.10 Å². The second-order valence-electron chi connectivity index (χ2n) is 8.58. The molecule has 1 N–H and O–H groups in total. The van der Waals surface area contributed by atoms with Gasteiger partial charge in [0.25, 0.3) is 5.91 Å². The summed E-state index contributed by atoms with van der Waals surface area (Å²) in [4.78, 5) is 17.3. The maximum atomic E-state index is 13.1. The molecule has 0 atom stereocenters. The van der Waals surface area contributed by atoms with Gasteiger partial charge in [0.1, 0.15) is 11.6 Å². The van der Waals surface area contributed by atoms with E-state index in [4.69, 9.17) is 4.74 Å². The monoisotopic (exact) mass is 447 g/mol. The zero-order chi connectivity index (χ0) is 23.2. The summed E-state index contributed by atoms with van der Waals surface area (Å²) in [7, 11) is 0. The summed E-state index contributed by atoms with van der Waals surface area (Å²) in [6.45, 7) is 8.54. The number of piperazine rings is 1. The number of benzene rings is 3. The Labute approximate surface area is 194 Å². The highest BCUT2D eigenvalue weighted by Crippen LogP contribution is 2.21. The van der Waals surface area contributed by atoms with Crippen molar-refractivity contribution in [3.05, 3.63) is 89.7 Å². The van der Waals surface area contributed by atoms with Gasteiger partial charge in [-0.25, -0.2) is 4.39 Å². The summed E-state index contributed by atoms with van der Waals surface area (Å²) in [5.41, 5.74) is 3.63. The molecule has 1 fully saturated rings. The number of nitrogens with one attached hydrogen (secondary N) is 1. The number of nitrogens with zero attached hydrogens (tertiary/aromatic N) is 2. The highest BCUT2D eigenvalue weighted by molar-refractivity contribution is 6.04. The number of anilines is 2. The van der Waals surface area contributed by atoms with Gasteiger partial charge in [-0.05, 0) is 80.1 Å². The first-order chi connectivity index (χ1) is 16.0. The standard InChI is InChI=1S/C27H30FN3O2/c1-20(2)33-26-13-5-22(6-14-26)27(32)29-24-9-11-25(12-10-24)31-17-15-30(16-18-31)19-21-3-7-23(28)8-4-21/h3-14,20H,15-19H2,1-2H3,(H,29,32). The second-order valence-corrected chi connectivity index (χ2v) is 8.58. The number of hydrogen-bond acceptors (Lipinski definition) is 4. The first kappa shape index (κ1) is 22.8. The fourth-order valence-corrected chi connectivity index (χ4v) is 3.93. The average Bonchev–Trinajstić information content (AvgIpc) is 2.82. The van der Waals surface area contributed by atoms with E-state index in [1.54, 1.807) is 12.1 Å². The SMILES string of the molecule is CC(C)Oc1ccc(C(=O)Nc2ccc(N3CCN(Cc4ccc(F)cc4)CC3)cc2)cc1. The van der Waals surface area contributed by atoms with E-state index in [-0.39, 0.29) is 17.8 Å². The molecule has 1 amide bonds. The van der Waals surface area contributed by atoms with Crippen molar-refractivity contribution in [1.82, 2.24) is 4.90 Å². The molecular formula is C27H30FN3O2. The summed E-state index contributed by atoms with van der Waals surface area (Å²) in [6, 6.07) is 21.9. The molecule has 0 radical (unpaired) electrons. The Morgan fingerprint density at radius 1 is 0.909 bits per heavy atom. The fourth-order valence-electron chi connectivity index (χ4n) is 3.93. The van der Waals surface area contributed by atoms with Crippen LogP contribution in [0.2, 0.25) is 0 Å². The molecule has 0 aliphatic carbocycles. The predicted octanol–water partition coefficient (Wildman–Crippen LogP) is 5.19. The van der Waals surface area contributed by atoms with E-state index in [0.717, 1.165) is 55.4 Å². The molecule has 4 rings (SSSR count). The molecule has 5 nitrogen and oxygen atoms in total. The van der Waals surface area contributed by atoms with Gasteiger partial charge in [-0.3, -0.25) is 9.69 Å². The summed E-state index contributed by atoms with van der Waals surface area (Å²) < 4.78 is 18.7. The van der Waals surface area contributed by atoms with Crippen molar-refractivity contribution in [2.75, 3.05) is 36.4 Å². The lowest BCUT2D eigenvalue weighted by Crippen LogP contribution is -2.45. The lowest BCUT2D eigenvalue weighted by molar-refractivity contribution is 0.102. The van der Waals surface area contributed by atoms with Gasteiger partial charge in [0.2, 0.25) is 0 Å². The first-order valence-electron chi connectivity index (χ1n) is 11.4. The third-order valence-electron chi connectivity index (χ3n) is 5.67. The van der Waals surface area contributed by atoms with Crippen LogP contribution in [0.5, 0.6) is 5.75 Å². The maximum Gasteiger partial charge on any atom is 0.255 e. The Morgan fingerprint density at radius 3 is 2.15 bits per heavy atom. The minimum Gasteiger partial charge on any atom is -0.491 e. The van der Waals surface area contributed by atoms with Crippen LogP contribution in [-0.4, -0.2) is 43.1 Å². The molecule has 1 heterocycles. The number of rotatable bonds is 7. The van der Waals surface area contributed by atoms with Crippen molar-refractivity contribution >= 4 is 17.3 Å². The van der Waals surface area contributed by atoms with Gasteiger partial charge in [0, 0.05) is 49.7 Å². The largest absolute Gasteiger partial charge is 0.491 e. The van der Waals surface area contributed by atoms with E-state index in [1.807, 2.05) is 62.4 Å². The molecule has 1 aliphatic rings. The van der Waals surface area contributed by atoms with Gasteiger partial charge in [0.15, 0.2) is 0 Å². The van der Waals surface area contributed by atoms with Crippen LogP contribution in [0.4, 0.5) is 15.8 Å². The summed E-state index contributed by atoms with van der Waals surface area (Å²) >= 11 is 0. The molecule has 1 saturated heterocycles. The molecule has 0 saturated carbocycles. The highest BCUT2D eigenvalue weighted by Gasteiger charge is 2.17. The van der Waals surface area contributed by atoms with E-state index >= 15 is 0 Å². The first-order valence-corrected chi connectivity index (χ1v) is 11.4. The zero-order valence-corrected chi connectivity index (χ0v) is 19.1. The Morgan fingerprint density at radius 2 is 1.55 bits per heavy atom. The van der Waals surface area contributed by atoms with E-state index in [1.165, 1.54) is 12.1 Å². The summed E-state index contributed by atoms with van der Waals surface area (Å²) in [5.74, 6) is 0.411. The number of halogens is 1. The predicted molar refractivity (Wildman–Crippen MR) is 130 cm³/mol. The molecule has 6 heteroatoms. The number of hydrogen-bond donors (Lipinski definition) is 1. The normalized spacial score (nSPS) is 14.4. The maximum absolute atomic E-state index is 13.1. The van der Waals surface area contributed by atoms with Crippen LogP contribution in [0.15, 0.2) is 72.8 Å². The molecular weight excluding hydrogens is 417 g/mol. The Kier molecular flexibility index (Phi) is 7.25. The topological polar surface area (TPSA) is 44.8 Å². The van der Waals surface area contributed by atoms with Crippen molar-refractivity contribution in [2.24, 2.45) is 0 Å². The molecule has 3 aromatic rings. The number of amides is 1. The molecule has 0 spiro atoms. The molecule has 0 aromatic heterocycles. The molecule has 3 aromatic carbocycles. The third kappa shape index (κ3) is 6.33.